The molecule has 0 radical (unpaired) electrons. The van der Waals surface area contributed by atoms with E-state index in [0.29, 0.717) is 64.7 Å². The van der Waals surface area contributed by atoms with Gasteiger partial charge in [0.05, 0.1) is 24.6 Å². The van der Waals surface area contributed by atoms with Gasteiger partial charge in [-0.3, -0.25) is 10.1 Å². The second-order valence-corrected chi connectivity index (χ2v) is 9.61. The van der Waals surface area contributed by atoms with Crippen molar-refractivity contribution in [1.29, 1.82) is 0 Å². The molecule has 2 N–H and O–H groups in total. The van der Waals surface area contributed by atoms with Crippen LogP contribution >= 0.6 is 11.8 Å². The summed E-state index contributed by atoms with van der Waals surface area (Å²) in [7, 11) is 0. The lowest BCUT2D eigenvalue weighted by Gasteiger charge is -2.29. The lowest BCUT2D eigenvalue weighted by molar-refractivity contribution is -0.384. The molecule has 0 aliphatic carbocycles. The maximum absolute atomic E-state index is 11.8. The summed E-state index contributed by atoms with van der Waals surface area (Å²) >= 11 is 0.572. The predicted molar refractivity (Wildman–Crippen MR) is 123 cm³/mol. The van der Waals surface area contributed by atoms with Crippen molar-refractivity contribution in [2.45, 2.75) is 10.8 Å². The van der Waals surface area contributed by atoms with E-state index in [9.17, 15) is 19.8 Å². The molecule has 0 spiro atoms. The molecule has 0 unspecified atom stereocenters. The minimum absolute atomic E-state index is 0.0400. The first kappa shape index (κ1) is 22.5. The van der Waals surface area contributed by atoms with Crippen molar-refractivity contribution in [3.63, 3.8) is 0 Å². The molecule has 0 bridgehead atoms. The number of aliphatic hydroxyl groups is 1. The summed E-state index contributed by atoms with van der Waals surface area (Å²) < 4.78 is 11.8. The molecule has 1 aliphatic rings. The molecule has 32 heavy (non-hydrogen) atoms. The van der Waals surface area contributed by atoms with E-state index < -0.39 is 16.1 Å². The Morgan fingerprint density at radius 2 is 2.03 bits per heavy atom. The minimum Gasteiger partial charge on any atom is -0.616 e. The summed E-state index contributed by atoms with van der Waals surface area (Å²) in [5, 5.41) is 23.8. The number of benzene rings is 1. The monoisotopic (exact) mass is 475 g/mol. The van der Waals surface area contributed by atoms with Crippen LogP contribution in [0.1, 0.15) is 5.56 Å². The van der Waals surface area contributed by atoms with Crippen molar-refractivity contribution in [3.8, 4) is 0 Å². The summed E-state index contributed by atoms with van der Waals surface area (Å²) in [5.41, 5.74) is 1.98. The van der Waals surface area contributed by atoms with E-state index in [1.807, 2.05) is 11.0 Å². The summed E-state index contributed by atoms with van der Waals surface area (Å²) in [4.78, 5) is 30.6. The van der Waals surface area contributed by atoms with E-state index in [2.05, 4.69) is 25.3 Å². The molecule has 0 amide bonds. The van der Waals surface area contributed by atoms with Crippen molar-refractivity contribution >= 4 is 51.4 Å². The van der Waals surface area contributed by atoms with Crippen molar-refractivity contribution in [3.05, 3.63) is 46.3 Å². The Balaban J connectivity index is 1.67. The van der Waals surface area contributed by atoms with Crippen LogP contribution in [-0.4, -0.2) is 72.3 Å². The Labute approximate surface area is 191 Å². The van der Waals surface area contributed by atoms with Gasteiger partial charge in [-0.1, -0.05) is 35.1 Å². The van der Waals surface area contributed by atoms with E-state index in [4.69, 9.17) is 0 Å². The number of nitrogens with one attached hydrogen (secondary N) is 1. The van der Waals surface area contributed by atoms with Crippen LogP contribution in [0.4, 0.5) is 17.5 Å². The maximum Gasteiger partial charge on any atom is 0.269 e. The largest absolute Gasteiger partial charge is 0.616 e. The number of thioether (sulfide) groups is 1. The number of non-ortho nitro benzene ring substituents is 1. The first-order valence-electron chi connectivity index (χ1n) is 9.88. The second kappa shape index (κ2) is 10.3. The van der Waals surface area contributed by atoms with Crippen LogP contribution in [0.5, 0.6) is 0 Å². The van der Waals surface area contributed by atoms with E-state index >= 15 is 0 Å². The molecule has 11 nitrogen and oxygen atoms in total. The fraction of sp³-hybridized carbons (Fsp3) is 0.368. The van der Waals surface area contributed by atoms with Gasteiger partial charge >= 0.3 is 0 Å². The van der Waals surface area contributed by atoms with Crippen molar-refractivity contribution in [1.82, 2.24) is 19.9 Å². The molecule has 2 aromatic heterocycles. The molecular weight excluding hydrogens is 454 g/mol. The topological polar surface area (TPSA) is 153 Å². The first-order valence-corrected chi connectivity index (χ1v) is 12.4. The van der Waals surface area contributed by atoms with Gasteiger partial charge in [-0.25, -0.2) is 15.0 Å². The van der Waals surface area contributed by atoms with Gasteiger partial charge in [-0.15, -0.1) is 0 Å². The van der Waals surface area contributed by atoms with E-state index in [1.165, 1.54) is 24.2 Å². The number of hydrogen-bond donors (Lipinski definition) is 2. The number of rotatable bonds is 8. The molecular formula is C19H21N7O4S2. The van der Waals surface area contributed by atoms with Crippen LogP contribution in [0.3, 0.4) is 0 Å². The molecule has 3 aromatic rings. The standard InChI is InChI=1S/C19H21N7O4S2/c27-7-4-20-19-23-16-15(17(24-19)25-5-8-32(30)9-6-25)21-12-22-18(16)31-11-13-2-1-3-14(10-13)26(28)29/h1-3,10,12,27H,4-9,11H2,(H,20,23,24). The van der Waals surface area contributed by atoms with E-state index in [1.54, 1.807) is 12.1 Å². The van der Waals surface area contributed by atoms with E-state index in [-0.39, 0.29) is 12.3 Å². The Bertz CT molecular complexity index is 1110. The van der Waals surface area contributed by atoms with Gasteiger partial charge in [0.2, 0.25) is 5.95 Å². The highest BCUT2D eigenvalue weighted by Gasteiger charge is 2.24. The molecule has 0 saturated carbocycles. The Morgan fingerprint density at radius 1 is 1.22 bits per heavy atom. The summed E-state index contributed by atoms with van der Waals surface area (Å²) in [6.45, 7) is 1.41. The highest BCUT2D eigenvalue weighted by atomic mass is 32.2. The third kappa shape index (κ3) is 5.18. The lowest BCUT2D eigenvalue weighted by atomic mass is 10.2. The SMILES string of the molecule is O=[N+]([O-])c1cccc(CSc2ncnc3c(N4CC[S+]([O-])CC4)nc(NCCO)nc23)c1. The number of aliphatic hydroxyl groups excluding tert-OH is 1. The molecule has 1 saturated heterocycles. The Morgan fingerprint density at radius 3 is 2.78 bits per heavy atom. The number of nitrogens with zero attached hydrogens (tertiary/aromatic N) is 6. The molecule has 4 rings (SSSR count). The Hall–Kier alpha value is -2.74. The number of nitro benzene ring substituents is 1. The first-order chi connectivity index (χ1) is 15.5. The highest BCUT2D eigenvalue weighted by Crippen LogP contribution is 2.32. The van der Waals surface area contributed by atoms with Crippen molar-refractivity contribution in [2.24, 2.45) is 0 Å². The van der Waals surface area contributed by atoms with Gasteiger partial charge < -0.3 is 19.9 Å². The molecule has 1 aliphatic heterocycles. The van der Waals surface area contributed by atoms with Gasteiger partial charge in [0.1, 0.15) is 33.9 Å². The number of fused-ring (bicyclic) bond motifs is 1. The average molecular weight is 476 g/mol. The smallest absolute Gasteiger partial charge is 0.269 e. The van der Waals surface area contributed by atoms with Gasteiger partial charge in [-0.2, -0.15) is 4.98 Å². The lowest BCUT2D eigenvalue weighted by Crippen LogP contribution is -2.41. The minimum atomic E-state index is -0.831. The van der Waals surface area contributed by atoms with Crippen LogP contribution in [0.25, 0.3) is 11.0 Å². The molecule has 168 valence electrons. The van der Waals surface area contributed by atoms with Crippen LogP contribution in [-0.2, 0) is 16.9 Å². The van der Waals surface area contributed by atoms with Crippen LogP contribution < -0.4 is 10.2 Å². The summed E-state index contributed by atoms with van der Waals surface area (Å²) in [5.74, 6) is 2.57. The highest BCUT2D eigenvalue weighted by molar-refractivity contribution is 7.98. The van der Waals surface area contributed by atoms with Gasteiger partial charge in [0.15, 0.2) is 5.82 Å². The molecule has 1 aromatic carbocycles. The third-order valence-electron chi connectivity index (χ3n) is 4.80. The van der Waals surface area contributed by atoms with Gasteiger partial charge in [0.25, 0.3) is 5.69 Å². The number of nitro groups is 1. The molecule has 0 atom stereocenters. The molecule has 13 heteroatoms. The van der Waals surface area contributed by atoms with Crippen LogP contribution in [0, 0.1) is 10.1 Å². The predicted octanol–water partition coefficient (Wildman–Crippen LogP) is 1.59. The third-order valence-corrected chi connectivity index (χ3v) is 7.12. The zero-order chi connectivity index (χ0) is 22.5. The zero-order valence-corrected chi connectivity index (χ0v) is 18.6. The van der Waals surface area contributed by atoms with Crippen molar-refractivity contribution < 1.29 is 14.6 Å². The quantitative estimate of drug-likeness (QED) is 0.160. The molecule has 3 heterocycles. The summed E-state index contributed by atoms with van der Waals surface area (Å²) in [6, 6.07) is 6.48. The van der Waals surface area contributed by atoms with Crippen molar-refractivity contribution in [2.75, 3.05) is 48.0 Å². The number of hydrogen-bond acceptors (Lipinski definition) is 11. The normalized spacial score (nSPS) is 14.6. The van der Waals surface area contributed by atoms with E-state index in [0.717, 1.165) is 5.56 Å². The molecule has 1 fully saturated rings. The number of aromatic nitrogens is 4. The number of anilines is 2. The Kier molecular flexibility index (Phi) is 7.19. The van der Waals surface area contributed by atoms with Crippen LogP contribution in [0.2, 0.25) is 0 Å². The fourth-order valence-electron chi connectivity index (χ4n) is 3.25. The summed E-state index contributed by atoms with van der Waals surface area (Å²) in [6.07, 6.45) is 1.45. The fourth-order valence-corrected chi connectivity index (χ4v) is 5.18. The van der Waals surface area contributed by atoms with Crippen LogP contribution in [0.15, 0.2) is 35.6 Å². The second-order valence-electron chi connectivity index (χ2n) is 6.95. The maximum atomic E-state index is 11.8. The zero-order valence-electron chi connectivity index (χ0n) is 17.0. The van der Waals surface area contributed by atoms with Gasteiger partial charge in [0, 0.05) is 24.4 Å². The average Bonchev–Trinajstić information content (AvgIpc) is 2.81. The van der Waals surface area contributed by atoms with Gasteiger partial charge in [-0.05, 0) is 5.56 Å².